The van der Waals surface area contributed by atoms with E-state index in [1.54, 1.807) is 0 Å². The molecule has 0 aliphatic carbocycles. The molecule has 4 aliphatic heterocycles. The van der Waals surface area contributed by atoms with Gasteiger partial charge in [-0.1, -0.05) is 0 Å². The molecule has 2 atom stereocenters. The van der Waals surface area contributed by atoms with Crippen molar-refractivity contribution in [2.45, 2.75) is 162 Å². The van der Waals surface area contributed by atoms with Gasteiger partial charge in [0.15, 0.2) is 0 Å². The van der Waals surface area contributed by atoms with E-state index in [0.717, 1.165) is 85.0 Å². The number of rotatable bonds is 4. The van der Waals surface area contributed by atoms with Crippen molar-refractivity contribution >= 4 is 0 Å². The maximum Gasteiger partial charge on any atom is 0.105 e. The summed E-state index contributed by atoms with van der Waals surface area (Å²) in [5.74, 6) is 0. The van der Waals surface area contributed by atoms with Crippen LogP contribution in [0.4, 0.5) is 0 Å². The van der Waals surface area contributed by atoms with Crippen LogP contribution in [0.15, 0.2) is 0 Å². The Labute approximate surface area is 252 Å². The molecule has 4 saturated heterocycles. The maximum absolute atomic E-state index is 5.80. The van der Waals surface area contributed by atoms with Gasteiger partial charge < -0.3 is 37.9 Å². The minimum absolute atomic E-state index is 0.00199. The van der Waals surface area contributed by atoms with Crippen LogP contribution in [0.3, 0.4) is 0 Å². The molecule has 0 bridgehead atoms. The summed E-state index contributed by atoms with van der Waals surface area (Å²) in [6, 6.07) is 0. The van der Waals surface area contributed by atoms with Gasteiger partial charge in [-0.05, 0) is 115 Å². The molecule has 4 fully saturated rings. The summed E-state index contributed by atoms with van der Waals surface area (Å²) in [5.41, 5.74) is -0.0415. The molecule has 8 nitrogen and oxygen atoms in total. The highest BCUT2D eigenvalue weighted by molar-refractivity contribution is 4.72. The molecule has 246 valence electrons. The summed E-state index contributed by atoms with van der Waals surface area (Å²) >= 11 is 0. The molecule has 41 heavy (non-hydrogen) atoms. The van der Waals surface area contributed by atoms with E-state index in [2.05, 4.69) is 83.1 Å². The predicted molar refractivity (Wildman–Crippen MR) is 165 cm³/mol. The van der Waals surface area contributed by atoms with Crippen molar-refractivity contribution in [3.05, 3.63) is 0 Å². The second-order valence-corrected chi connectivity index (χ2v) is 15.2. The van der Waals surface area contributed by atoms with Gasteiger partial charge >= 0.3 is 0 Å². The molecule has 0 aromatic heterocycles. The van der Waals surface area contributed by atoms with Crippen molar-refractivity contribution in [1.29, 1.82) is 0 Å². The molecule has 8 heteroatoms. The summed E-state index contributed by atoms with van der Waals surface area (Å²) in [6.45, 7) is 31.6. The van der Waals surface area contributed by atoms with Crippen LogP contribution in [-0.2, 0) is 37.9 Å². The van der Waals surface area contributed by atoms with Crippen LogP contribution in [0.2, 0.25) is 0 Å². The molecular formula is C33H66O8. The summed E-state index contributed by atoms with van der Waals surface area (Å²) in [5, 5.41) is 0. The van der Waals surface area contributed by atoms with Gasteiger partial charge in [-0.25, -0.2) is 0 Å². The van der Waals surface area contributed by atoms with E-state index >= 15 is 0 Å². The van der Waals surface area contributed by atoms with Crippen molar-refractivity contribution in [3.63, 3.8) is 0 Å². The Morgan fingerprint density at radius 3 is 1.05 bits per heavy atom. The van der Waals surface area contributed by atoms with Crippen molar-refractivity contribution in [2.24, 2.45) is 0 Å². The minimum atomic E-state index is -0.0225. The van der Waals surface area contributed by atoms with Crippen LogP contribution in [-0.4, -0.2) is 99.7 Å². The summed E-state index contributed by atoms with van der Waals surface area (Å²) in [7, 11) is 0. The molecule has 0 saturated carbocycles. The van der Waals surface area contributed by atoms with Crippen molar-refractivity contribution < 1.29 is 37.9 Å². The fourth-order valence-corrected chi connectivity index (χ4v) is 4.49. The molecule has 0 spiro atoms. The molecule has 0 N–H and O–H groups in total. The molecule has 2 unspecified atom stereocenters. The Morgan fingerprint density at radius 1 is 0.366 bits per heavy atom. The Hall–Kier alpha value is -0.320. The molecule has 0 aromatic rings. The van der Waals surface area contributed by atoms with Gasteiger partial charge in [-0.3, -0.25) is 0 Å². The monoisotopic (exact) mass is 590 g/mol. The van der Waals surface area contributed by atoms with Crippen LogP contribution in [0, 0.1) is 0 Å². The van der Waals surface area contributed by atoms with Gasteiger partial charge in [0.25, 0.3) is 0 Å². The second kappa shape index (κ2) is 18.5. The first kappa shape index (κ1) is 38.7. The number of ether oxygens (including phenoxy) is 8. The second-order valence-electron chi connectivity index (χ2n) is 15.2. The highest BCUT2D eigenvalue weighted by Gasteiger charge is 2.25. The Bertz CT molecular complexity index is 604. The van der Waals surface area contributed by atoms with E-state index in [-0.39, 0.29) is 22.4 Å². The van der Waals surface area contributed by atoms with Gasteiger partial charge in [0.1, 0.15) is 6.10 Å². The van der Waals surface area contributed by atoms with Gasteiger partial charge in [0.2, 0.25) is 0 Å². The standard InChI is InChI=1S/2C9H18O2.C8H16O2.C7H14O2/c1-9(2,3)11-8-4-6-10-7-5-8;1-9(2,3)11-8-5-4-6-10-7-8;1-8(2,3)10-7-4-5-9-6-7;1-7(2,3)9-6-4-8-5-6/h2*8H,4-7H2,1-3H3;7H,4-6H2,1-3H3;6H,4-5H2,1-3H3. The van der Waals surface area contributed by atoms with Gasteiger partial charge in [-0.15, -0.1) is 0 Å². The lowest BCUT2D eigenvalue weighted by Crippen LogP contribution is -2.41. The van der Waals surface area contributed by atoms with Crippen LogP contribution in [0.1, 0.15) is 115 Å². The third-order valence-electron chi connectivity index (χ3n) is 5.86. The molecular weight excluding hydrogens is 524 g/mol. The highest BCUT2D eigenvalue weighted by Crippen LogP contribution is 2.20. The highest BCUT2D eigenvalue weighted by atomic mass is 16.6. The largest absolute Gasteiger partial charge is 0.381 e. The molecule has 0 aromatic carbocycles. The fraction of sp³-hybridized carbons (Fsp3) is 1.00. The third-order valence-corrected chi connectivity index (χ3v) is 5.86. The van der Waals surface area contributed by atoms with Gasteiger partial charge in [0, 0.05) is 26.4 Å². The molecule has 4 aliphatic rings. The molecule has 4 heterocycles. The quantitative estimate of drug-likeness (QED) is 0.356. The third kappa shape index (κ3) is 23.8. The first-order valence-corrected chi connectivity index (χ1v) is 15.8. The van der Waals surface area contributed by atoms with Crippen molar-refractivity contribution in [1.82, 2.24) is 0 Å². The Balaban J connectivity index is 0.000000274. The zero-order chi connectivity index (χ0) is 31.2. The van der Waals surface area contributed by atoms with E-state index in [4.69, 9.17) is 37.9 Å². The van der Waals surface area contributed by atoms with Gasteiger partial charge in [-0.2, -0.15) is 0 Å². The molecule has 0 amide bonds. The molecule has 4 rings (SSSR count). The predicted octanol–water partition coefficient (Wildman–Crippen LogP) is 6.75. The normalized spacial score (nSPS) is 24.6. The van der Waals surface area contributed by atoms with E-state index in [1.165, 1.54) is 0 Å². The van der Waals surface area contributed by atoms with E-state index < -0.39 is 0 Å². The van der Waals surface area contributed by atoms with Crippen molar-refractivity contribution in [2.75, 3.05) is 52.9 Å². The van der Waals surface area contributed by atoms with E-state index in [0.29, 0.717) is 24.4 Å². The SMILES string of the molecule is CC(C)(C)OC1CCCOC1.CC(C)(C)OC1CCOC1.CC(C)(C)OC1CCOCC1.CC(C)(C)OC1COC1. The number of hydrogen-bond donors (Lipinski definition) is 0. The lowest BCUT2D eigenvalue weighted by molar-refractivity contribution is -0.176. The Morgan fingerprint density at radius 2 is 0.707 bits per heavy atom. The zero-order valence-corrected chi connectivity index (χ0v) is 28.8. The van der Waals surface area contributed by atoms with Crippen LogP contribution in [0.25, 0.3) is 0 Å². The fourth-order valence-electron chi connectivity index (χ4n) is 4.49. The minimum Gasteiger partial charge on any atom is -0.381 e. The van der Waals surface area contributed by atoms with Gasteiger partial charge in [0.05, 0.1) is 67.1 Å². The zero-order valence-electron chi connectivity index (χ0n) is 28.8. The smallest absolute Gasteiger partial charge is 0.105 e. The topological polar surface area (TPSA) is 73.8 Å². The van der Waals surface area contributed by atoms with E-state index in [1.807, 2.05) is 0 Å². The van der Waals surface area contributed by atoms with E-state index in [9.17, 15) is 0 Å². The van der Waals surface area contributed by atoms with Crippen LogP contribution in [0.5, 0.6) is 0 Å². The summed E-state index contributed by atoms with van der Waals surface area (Å²) < 4.78 is 43.4. The molecule has 0 radical (unpaired) electrons. The average molecular weight is 591 g/mol. The first-order valence-electron chi connectivity index (χ1n) is 15.8. The van der Waals surface area contributed by atoms with Crippen molar-refractivity contribution in [3.8, 4) is 0 Å². The Kier molecular flexibility index (Phi) is 17.4. The first-order chi connectivity index (χ1) is 18.8. The van der Waals surface area contributed by atoms with Crippen LogP contribution < -0.4 is 0 Å². The summed E-state index contributed by atoms with van der Waals surface area (Å²) in [4.78, 5) is 0. The lowest BCUT2D eigenvalue weighted by atomic mass is 10.1. The lowest BCUT2D eigenvalue weighted by Gasteiger charge is -2.32. The van der Waals surface area contributed by atoms with Crippen LogP contribution >= 0.6 is 0 Å². The maximum atomic E-state index is 5.80. The number of hydrogen-bond acceptors (Lipinski definition) is 8. The average Bonchev–Trinajstić information content (AvgIpc) is 3.28. The summed E-state index contributed by atoms with van der Waals surface area (Å²) in [6.07, 6.45) is 6.88.